The topological polar surface area (TPSA) is 134 Å². The first-order valence-electron chi connectivity index (χ1n) is 6.37. The normalized spacial score (nSPS) is 16.9. The van der Waals surface area contributed by atoms with Crippen LogP contribution in [0.2, 0.25) is 0 Å². The van der Waals surface area contributed by atoms with E-state index in [0.29, 0.717) is 0 Å². The van der Waals surface area contributed by atoms with Crippen LogP contribution in [0.4, 0.5) is 0 Å². The summed E-state index contributed by atoms with van der Waals surface area (Å²) in [7, 11) is 0. The van der Waals surface area contributed by atoms with Gasteiger partial charge in [0.15, 0.2) is 6.10 Å². The molecule has 0 aliphatic heterocycles. The lowest BCUT2D eigenvalue weighted by Gasteiger charge is -2.29. The van der Waals surface area contributed by atoms with E-state index in [0.717, 1.165) is 0 Å². The monoisotopic (exact) mass is 294 g/mol. The maximum atomic E-state index is 11.2. The number of hydrogen-bond acceptors (Lipinski definition) is 8. The van der Waals surface area contributed by atoms with Crippen molar-refractivity contribution in [3.8, 4) is 0 Å². The van der Waals surface area contributed by atoms with E-state index >= 15 is 0 Å². The molecule has 0 unspecified atom stereocenters. The lowest BCUT2D eigenvalue weighted by Crippen LogP contribution is -2.49. The minimum absolute atomic E-state index is 0.00227. The summed E-state index contributed by atoms with van der Waals surface area (Å²) in [5.41, 5.74) is 0. The van der Waals surface area contributed by atoms with Gasteiger partial charge in [-0.05, 0) is 0 Å². The molecule has 4 atom stereocenters. The zero-order chi connectivity index (χ0) is 15.7. The molecule has 0 aromatic heterocycles. The lowest BCUT2D eigenvalue weighted by atomic mass is 10.0. The van der Waals surface area contributed by atoms with E-state index in [1.54, 1.807) is 6.92 Å². The number of carbonyl (C=O) groups is 2. The van der Waals surface area contributed by atoms with Crippen LogP contribution in [0.15, 0.2) is 0 Å². The Hall–Kier alpha value is -1.22. The van der Waals surface area contributed by atoms with Gasteiger partial charge in [0.25, 0.3) is 0 Å². The van der Waals surface area contributed by atoms with E-state index in [-0.39, 0.29) is 12.8 Å². The van der Waals surface area contributed by atoms with Gasteiger partial charge in [-0.2, -0.15) is 0 Å². The zero-order valence-electron chi connectivity index (χ0n) is 11.6. The van der Waals surface area contributed by atoms with Gasteiger partial charge in [0.05, 0.1) is 6.61 Å². The highest BCUT2D eigenvalue weighted by molar-refractivity contribution is 5.69. The molecule has 0 rings (SSSR count). The van der Waals surface area contributed by atoms with Crippen LogP contribution >= 0.6 is 0 Å². The third kappa shape index (κ3) is 6.29. The maximum absolute atomic E-state index is 11.2. The van der Waals surface area contributed by atoms with E-state index < -0.39 is 49.6 Å². The highest BCUT2D eigenvalue weighted by Crippen LogP contribution is 2.11. The smallest absolute Gasteiger partial charge is 0.305 e. The highest BCUT2D eigenvalue weighted by Gasteiger charge is 2.35. The molecule has 8 heteroatoms. The molecule has 0 amide bonds. The Bertz CT molecular complexity index is 306. The van der Waals surface area contributed by atoms with E-state index in [1.165, 1.54) is 6.92 Å². The number of ether oxygens (including phenoxy) is 2. The van der Waals surface area contributed by atoms with Crippen molar-refractivity contribution in [2.75, 3.05) is 13.2 Å². The molecule has 8 nitrogen and oxygen atoms in total. The van der Waals surface area contributed by atoms with Crippen molar-refractivity contribution >= 4 is 11.9 Å². The van der Waals surface area contributed by atoms with E-state index in [9.17, 15) is 24.9 Å². The molecule has 0 fully saturated rings. The molecule has 4 N–H and O–H groups in total. The van der Waals surface area contributed by atoms with Crippen molar-refractivity contribution in [2.24, 2.45) is 0 Å². The predicted molar refractivity (Wildman–Crippen MR) is 66.5 cm³/mol. The van der Waals surface area contributed by atoms with Crippen LogP contribution in [-0.2, 0) is 19.1 Å². The highest BCUT2D eigenvalue weighted by atomic mass is 16.6. The number of aliphatic hydroxyl groups excluding tert-OH is 4. The summed E-state index contributed by atoms with van der Waals surface area (Å²) in [5, 5.41) is 37.8. The average molecular weight is 294 g/mol. The van der Waals surface area contributed by atoms with Crippen LogP contribution in [-0.4, -0.2) is 70.0 Å². The molecule has 20 heavy (non-hydrogen) atoms. The van der Waals surface area contributed by atoms with Crippen LogP contribution in [0, 0.1) is 0 Å². The first kappa shape index (κ1) is 18.8. The summed E-state index contributed by atoms with van der Waals surface area (Å²) in [6, 6.07) is 0. The Kier molecular flexibility index (Phi) is 9.06. The Morgan fingerprint density at radius 3 is 2.00 bits per heavy atom. The van der Waals surface area contributed by atoms with E-state index in [4.69, 9.17) is 9.84 Å². The van der Waals surface area contributed by atoms with Crippen molar-refractivity contribution in [2.45, 2.75) is 51.1 Å². The van der Waals surface area contributed by atoms with Crippen LogP contribution in [0.3, 0.4) is 0 Å². The summed E-state index contributed by atoms with van der Waals surface area (Å²) >= 11 is 0. The molecular weight excluding hydrogens is 272 g/mol. The lowest BCUT2D eigenvalue weighted by molar-refractivity contribution is -0.179. The minimum Gasteiger partial charge on any atom is -0.463 e. The number of aliphatic hydroxyl groups is 4. The summed E-state index contributed by atoms with van der Waals surface area (Å²) in [6.07, 6.45) is -6.21. The Morgan fingerprint density at radius 2 is 1.55 bits per heavy atom. The first-order chi connectivity index (χ1) is 9.37. The summed E-state index contributed by atoms with van der Waals surface area (Å²) in [6.45, 7) is 1.80. The number of esters is 2. The molecule has 0 spiro atoms. The van der Waals surface area contributed by atoms with Gasteiger partial charge in [-0.15, -0.1) is 0 Å². The number of hydrogen-bond donors (Lipinski definition) is 4. The maximum Gasteiger partial charge on any atom is 0.305 e. The van der Waals surface area contributed by atoms with Crippen molar-refractivity contribution < 1.29 is 39.5 Å². The van der Waals surface area contributed by atoms with Gasteiger partial charge < -0.3 is 29.9 Å². The summed E-state index contributed by atoms with van der Waals surface area (Å²) in [4.78, 5) is 22.1. The quantitative estimate of drug-likeness (QED) is 0.371. The molecule has 0 saturated heterocycles. The molecule has 0 aliphatic carbocycles. The van der Waals surface area contributed by atoms with Crippen LogP contribution < -0.4 is 0 Å². The Balaban J connectivity index is 4.62. The number of carbonyl (C=O) groups excluding carboxylic acids is 2. The van der Waals surface area contributed by atoms with Crippen LogP contribution in [0.5, 0.6) is 0 Å². The van der Waals surface area contributed by atoms with E-state index in [1.807, 2.05) is 0 Å². The average Bonchev–Trinajstić information content (AvgIpc) is 2.47. The summed E-state index contributed by atoms with van der Waals surface area (Å²) < 4.78 is 9.40. The second-order valence-electron chi connectivity index (χ2n) is 4.15. The third-order valence-electron chi connectivity index (χ3n) is 2.56. The minimum atomic E-state index is -1.70. The van der Waals surface area contributed by atoms with Gasteiger partial charge in [-0.1, -0.05) is 13.8 Å². The molecule has 0 radical (unpaired) electrons. The fourth-order valence-corrected chi connectivity index (χ4v) is 1.31. The van der Waals surface area contributed by atoms with Crippen molar-refractivity contribution in [1.82, 2.24) is 0 Å². The van der Waals surface area contributed by atoms with Gasteiger partial charge in [-0.25, -0.2) is 0 Å². The molecule has 0 aromatic carbocycles. The molecular formula is C12H22O8. The molecule has 0 heterocycles. The van der Waals surface area contributed by atoms with Crippen molar-refractivity contribution in [3.05, 3.63) is 0 Å². The van der Waals surface area contributed by atoms with Crippen LogP contribution in [0.1, 0.15) is 26.7 Å². The van der Waals surface area contributed by atoms with Gasteiger partial charge in [0.2, 0.25) is 0 Å². The number of rotatable bonds is 9. The second-order valence-corrected chi connectivity index (χ2v) is 4.15. The van der Waals surface area contributed by atoms with Gasteiger partial charge >= 0.3 is 11.9 Å². The van der Waals surface area contributed by atoms with Gasteiger partial charge in [0, 0.05) is 12.8 Å². The second kappa shape index (κ2) is 9.65. The third-order valence-corrected chi connectivity index (χ3v) is 2.56. The standard InChI is InChI=1S/C12H22O8/c1-3-9(16)19-6-8(15)11(18)12(7(14)5-13)20-10(17)4-2/h7-8,11-15,18H,3-6H2,1-2H3/t7-,8+,11+,12+/m1/s1. The molecule has 0 aliphatic rings. The van der Waals surface area contributed by atoms with Gasteiger partial charge in [-0.3, -0.25) is 9.59 Å². The van der Waals surface area contributed by atoms with E-state index in [2.05, 4.69) is 4.74 Å². The molecule has 0 bridgehead atoms. The molecule has 0 aromatic rings. The van der Waals surface area contributed by atoms with Crippen molar-refractivity contribution in [1.29, 1.82) is 0 Å². The Labute approximate surface area is 116 Å². The molecule has 118 valence electrons. The van der Waals surface area contributed by atoms with Crippen LogP contribution in [0.25, 0.3) is 0 Å². The first-order valence-corrected chi connectivity index (χ1v) is 6.37. The SMILES string of the molecule is CCC(=O)OC[C@H](O)[C@H](O)[C@@H](OC(=O)CC)[C@H](O)CO. The fourth-order valence-electron chi connectivity index (χ4n) is 1.31. The van der Waals surface area contributed by atoms with Crippen molar-refractivity contribution in [3.63, 3.8) is 0 Å². The fraction of sp³-hybridized carbons (Fsp3) is 0.833. The Morgan fingerprint density at radius 1 is 1.00 bits per heavy atom. The van der Waals surface area contributed by atoms with Gasteiger partial charge in [0.1, 0.15) is 24.9 Å². The predicted octanol–water partition coefficient (Wildman–Crippen LogP) is -1.66. The largest absolute Gasteiger partial charge is 0.463 e. The summed E-state index contributed by atoms with van der Waals surface area (Å²) in [5.74, 6) is -1.28. The zero-order valence-corrected chi connectivity index (χ0v) is 11.6. The molecule has 0 saturated carbocycles.